The molecule has 1 aliphatic rings. The molecular weight excluding hydrogens is 164 g/mol. The molecule has 3 heteroatoms. The standard InChI is InChI=1S/C7H8OS2/c1-5-4-10-7-6(5)8-2-3-9-7/h4H,2-3H2,1H3. The van der Waals surface area contributed by atoms with E-state index in [-0.39, 0.29) is 0 Å². The monoisotopic (exact) mass is 172 g/mol. The van der Waals surface area contributed by atoms with Crippen LogP contribution in [0.3, 0.4) is 0 Å². The summed E-state index contributed by atoms with van der Waals surface area (Å²) in [5.41, 5.74) is 1.28. The van der Waals surface area contributed by atoms with Gasteiger partial charge < -0.3 is 4.74 Å². The first kappa shape index (κ1) is 6.55. The number of thiophene rings is 1. The molecule has 0 aliphatic carbocycles. The van der Waals surface area contributed by atoms with Crippen LogP contribution >= 0.6 is 23.1 Å². The summed E-state index contributed by atoms with van der Waals surface area (Å²) in [6.07, 6.45) is 0. The average Bonchev–Trinajstić information content (AvgIpc) is 2.34. The van der Waals surface area contributed by atoms with Crippen LogP contribution in [0.25, 0.3) is 0 Å². The Morgan fingerprint density at radius 2 is 2.50 bits per heavy atom. The van der Waals surface area contributed by atoms with Crippen molar-refractivity contribution in [3.8, 4) is 5.75 Å². The molecular formula is C7H8OS2. The second-order valence-corrected chi connectivity index (χ2v) is 4.48. The first-order valence-electron chi connectivity index (χ1n) is 3.21. The minimum atomic E-state index is 0.870. The van der Waals surface area contributed by atoms with Gasteiger partial charge in [-0.1, -0.05) is 0 Å². The van der Waals surface area contributed by atoms with E-state index in [1.807, 2.05) is 11.8 Å². The molecule has 2 heterocycles. The van der Waals surface area contributed by atoms with Crippen molar-refractivity contribution in [1.29, 1.82) is 0 Å². The lowest BCUT2D eigenvalue weighted by atomic mass is 10.4. The zero-order valence-corrected chi connectivity index (χ0v) is 7.35. The highest BCUT2D eigenvalue weighted by Crippen LogP contribution is 2.40. The van der Waals surface area contributed by atoms with E-state index >= 15 is 0 Å². The van der Waals surface area contributed by atoms with Crippen LogP contribution in [-0.4, -0.2) is 12.4 Å². The van der Waals surface area contributed by atoms with Gasteiger partial charge in [0.05, 0.1) is 6.61 Å². The van der Waals surface area contributed by atoms with E-state index in [0.29, 0.717) is 0 Å². The van der Waals surface area contributed by atoms with Crippen LogP contribution in [0.2, 0.25) is 0 Å². The van der Waals surface area contributed by atoms with Crippen molar-refractivity contribution in [3.05, 3.63) is 10.9 Å². The molecule has 1 aromatic heterocycles. The van der Waals surface area contributed by atoms with Gasteiger partial charge in [0.1, 0.15) is 9.96 Å². The van der Waals surface area contributed by atoms with E-state index in [1.54, 1.807) is 11.3 Å². The van der Waals surface area contributed by atoms with Gasteiger partial charge in [-0.05, 0) is 12.3 Å². The molecule has 0 atom stereocenters. The van der Waals surface area contributed by atoms with Gasteiger partial charge in [0.15, 0.2) is 0 Å². The SMILES string of the molecule is Cc1csc2c1OCCS2. The first-order chi connectivity index (χ1) is 4.88. The molecule has 0 saturated heterocycles. The van der Waals surface area contributed by atoms with Gasteiger partial charge in [0, 0.05) is 11.3 Å². The lowest BCUT2D eigenvalue weighted by Gasteiger charge is -2.12. The minimum absolute atomic E-state index is 0.870. The summed E-state index contributed by atoms with van der Waals surface area (Å²) in [6, 6.07) is 0. The Bertz CT molecular complexity index is 242. The topological polar surface area (TPSA) is 9.23 Å². The van der Waals surface area contributed by atoms with E-state index < -0.39 is 0 Å². The van der Waals surface area contributed by atoms with Crippen LogP contribution < -0.4 is 4.74 Å². The van der Waals surface area contributed by atoms with E-state index in [4.69, 9.17) is 4.74 Å². The van der Waals surface area contributed by atoms with Crippen LogP contribution in [0.1, 0.15) is 5.56 Å². The predicted molar refractivity (Wildman–Crippen MR) is 45.3 cm³/mol. The lowest BCUT2D eigenvalue weighted by molar-refractivity contribution is 0.331. The lowest BCUT2D eigenvalue weighted by Crippen LogP contribution is -2.04. The third kappa shape index (κ3) is 0.935. The minimum Gasteiger partial charge on any atom is -0.490 e. The average molecular weight is 172 g/mol. The Balaban J connectivity index is 2.45. The van der Waals surface area contributed by atoms with Crippen LogP contribution in [0.4, 0.5) is 0 Å². The molecule has 1 nitrogen and oxygen atoms in total. The van der Waals surface area contributed by atoms with Crippen molar-refractivity contribution in [2.75, 3.05) is 12.4 Å². The number of hydrogen-bond donors (Lipinski definition) is 0. The molecule has 54 valence electrons. The van der Waals surface area contributed by atoms with Crippen molar-refractivity contribution in [1.82, 2.24) is 0 Å². The van der Waals surface area contributed by atoms with E-state index in [9.17, 15) is 0 Å². The molecule has 2 rings (SSSR count). The van der Waals surface area contributed by atoms with Crippen LogP contribution in [0, 0.1) is 6.92 Å². The summed E-state index contributed by atoms with van der Waals surface area (Å²) < 4.78 is 6.83. The highest BCUT2D eigenvalue weighted by molar-refractivity contribution is 8.01. The van der Waals surface area contributed by atoms with Crippen molar-refractivity contribution in [3.63, 3.8) is 0 Å². The quantitative estimate of drug-likeness (QED) is 0.594. The van der Waals surface area contributed by atoms with Crippen molar-refractivity contribution in [2.45, 2.75) is 11.1 Å². The zero-order valence-electron chi connectivity index (χ0n) is 5.72. The smallest absolute Gasteiger partial charge is 0.146 e. The Labute approximate surface area is 68.4 Å². The maximum Gasteiger partial charge on any atom is 0.146 e. The predicted octanol–water partition coefficient (Wildman–Crippen LogP) is 2.54. The summed E-state index contributed by atoms with van der Waals surface area (Å²) in [7, 11) is 0. The number of rotatable bonds is 0. The summed E-state index contributed by atoms with van der Waals surface area (Å²) in [4.78, 5) is 0. The van der Waals surface area contributed by atoms with Crippen LogP contribution in [-0.2, 0) is 0 Å². The van der Waals surface area contributed by atoms with Gasteiger partial charge in [-0.15, -0.1) is 23.1 Å². The Kier molecular flexibility index (Phi) is 1.62. The number of ether oxygens (including phenoxy) is 1. The van der Waals surface area contributed by atoms with Gasteiger partial charge in [0.2, 0.25) is 0 Å². The molecule has 0 spiro atoms. The van der Waals surface area contributed by atoms with E-state index in [1.165, 1.54) is 9.77 Å². The summed E-state index contributed by atoms with van der Waals surface area (Å²) in [6.45, 7) is 2.97. The van der Waals surface area contributed by atoms with E-state index in [2.05, 4.69) is 12.3 Å². The molecule has 1 aliphatic heterocycles. The molecule has 0 aromatic carbocycles. The Morgan fingerprint density at radius 1 is 1.60 bits per heavy atom. The number of aryl methyl sites for hydroxylation is 1. The molecule has 0 amide bonds. The fraction of sp³-hybridized carbons (Fsp3) is 0.429. The first-order valence-corrected chi connectivity index (χ1v) is 5.08. The second kappa shape index (κ2) is 2.47. The summed E-state index contributed by atoms with van der Waals surface area (Å²) in [5, 5.41) is 2.16. The fourth-order valence-corrected chi connectivity index (χ4v) is 3.05. The molecule has 0 radical (unpaired) electrons. The van der Waals surface area contributed by atoms with Gasteiger partial charge in [-0.25, -0.2) is 0 Å². The molecule has 10 heavy (non-hydrogen) atoms. The largest absolute Gasteiger partial charge is 0.490 e. The van der Waals surface area contributed by atoms with Crippen molar-refractivity contribution < 1.29 is 4.74 Å². The number of hydrogen-bond acceptors (Lipinski definition) is 3. The Morgan fingerprint density at radius 3 is 3.30 bits per heavy atom. The maximum absolute atomic E-state index is 5.48. The van der Waals surface area contributed by atoms with Gasteiger partial charge in [-0.2, -0.15) is 0 Å². The second-order valence-electron chi connectivity index (χ2n) is 2.23. The molecule has 0 saturated carbocycles. The number of thioether (sulfide) groups is 1. The van der Waals surface area contributed by atoms with Crippen molar-refractivity contribution >= 4 is 23.1 Å². The number of fused-ring (bicyclic) bond motifs is 1. The fourth-order valence-electron chi connectivity index (χ4n) is 0.960. The zero-order chi connectivity index (χ0) is 6.97. The van der Waals surface area contributed by atoms with Crippen LogP contribution in [0.15, 0.2) is 9.59 Å². The molecule has 0 N–H and O–H groups in total. The normalized spacial score (nSPS) is 16.1. The van der Waals surface area contributed by atoms with Crippen molar-refractivity contribution in [2.24, 2.45) is 0 Å². The molecule has 0 bridgehead atoms. The highest BCUT2D eigenvalue weighted by atomic mass is 32.2. The van der Waals surface area contributed by atoms with Crippen LogP contribution in [0.5, 0.6) is 5.75 Å². The third-order valence-electron chi connectivity index (χ3n) is 1.45. The summed E-state index contributed by atoms with van der Waals surface area (Å²) in [5.74, 6) is 2.23. The third-order valence-corrected chi connectivity index (χ3v) is 3.78. The van der Waals surface area contributed by atoms with Gasteiger partial charge in [-0.3, -0.25) is 0 Å². The Hall–Kier alpha value is -0.150. The molecule has 0 fully saturated rings. The van der Waals surface area contributed by atoms with E-state index in [0.717, 1.165) is 18.1 Å². The van der Waals surface area contributed by atoms with Gasteiger partial charge in [0.25, 0.3) is 0 Å². The van der Waals surface area contributed by atoms with Gasteiger partial charge >= 0.3 is 0 Å². The highest BCUT2D eigenvalue weighted by Gasteiger charge is 2.14. The summed E-state index contributed by atoms with van der Waals surface area (Å²) >= 11 is 3.69. The molecule has 1 aromatic rings. The maximum atomic E-state index is 5.48. The molecule has 0 unspecified atom stereocenters.